The topological polar surface area (TPSA) is 36.6 Å². The highest BCUT2D eigenvalue weighted by atomic mass is 32.2. The predicted molar refractivity (Wildman–Crippen MR) is 287 cm³/mol. The van der Waals surface area contributed by atoms with E-state index in [9.17, 15) is 5.11 Å². The lowest BCUT2D eigenvalue weighted by molar-refractivity contribution is 0.480. The second kappa shape index (κ2) is 15.0. The van der Waals surface area contributed by atoms with Gasteiger partial charge in [0.05, 0.1) is 11.4 Å². The Balaban J connectivity index is 1.12. The number of hydrogen-bond donors (Lipinski definition) is 1. The van der Waals surface area contributed by atoms with Gasteiger partial charge in [0.1, 0.15) is 61.8 Å². The normalized spacial score (nSPS) is 12.4. The van der Waals surface area contributed by atoms with Gasteiger partial charge in [-0.05, 0) is 77.6 Å². The molecule has 0 spiro atoms. The summed E-state index contributed by atoms with van der Waals surface area (Å²) < 4.78 is 6.90. The minimum Gasteiger partial charge on any atom is -0.506 e. The van der Waals surface area contributed by atoms with Gasteiger partial charge in [-0.2, -0.15) is 0 Å². The summed E-state index contributed by atoms with van der Waals surface area (Å²) in [4.78, 5) is 3.15. The molecule has 12 aromatic rings. The van der Waals surface area contributed by atoms with Crippen molar-refractivity contribution in [3.05, 3.63) is 176 Å². The molecule has 1 aliphatic heterocycles. The van der Waals surface area contributed by atoms with Crippen LogP contribution in [0, 0.1) is 0 Å². The smallest absolute Gasteiger partial charge is 0.143 e. The molecule has 11 aromatic carbocycles. The molecular formula is C58H30B5NO2S. The zero-order chi connectivity index (χ0) is 45.2. The summed E-state index contributed by atoms with van der Waals surface area (Å²) in [6.45, 7) is 0. The number of para-hydroxylation sites is 2. The molecule has 1 aromatic heterocycles. The highest BCUT2D eigenvalue weighted by Gasteiger charge is 2.36. The molecule has 0 saturated heterocycles. The molecule has 0 aliphatic carbocycles. The predicted octanol–water partition coefficient (Wildman–Crippen LogP) is 10.8. The highest BCUT2D eigenvalue weighted by Crippen LogP contribution is 2.55. The Morgan fingerprint density at radius 1 is 0.388 bits per heavy atom. The summed E-state index contributed by atoms with van der Waals surface area (Å²) in [7, 11) is 37.0. The molecule has 0 saturated carbocycles. The Hall–Kier alpha value is -7.47. The number of nitrogens with zero attached hydrogens (tertiary/aromatic N) is 1. The number of rotatable bonds is 4. The van der Waals surface area contributed by atoms with E-state index in [0.717, 1.165) is 81.8 Å². The molecule has 9 heteroatoms. The molecule has 0 amide bonds. The molecule has 10 radical (unpaired) electrons. The van der Waals surface area contributed by atoms with Crippen LogP contribution in [-0.4, -0.2) is 44.3 Å². The van der Waals surface area contributed by atoms with Crippen molar-refractivity contribution in [3.63, 3.8) is 0 Å². The number of furan rings is 1. The first kappa shape index (κ1) is 39.9. The standard InChI is InChI=1S/C58H30B5NO2S/c59-47-45(42-27-13-26-41-40-25-12-24-35(55(40)66-56(41)42)30-14-2-1-3-15-30)49(61)57-52(51(47)63)64(44-29-32-17-5-7-19-34(32)37-21-10-11-23-39(37)44)53-54(65)48(60)46(50(62)58(53)67-57)43-28-31-16-4-6-18-33(31)36-20-8-9-22-38(36)43/h1-29,65H. The Bertz CT molecular complexity index is 4110. The van der Waals surface area contributed by atoms with Crippen LogP contribution in [0.5, 0.6) is 5.75 Å². The Morgan fingerprint density at radius 2 is 0.881 bits per heavy atom. The van der Waals surface area contributed by atoms with Crippen molar-refractivity contribution in [2.75, 3.05) is 4.90 Å². The fourth-order valence-corrected chi connectivity index (χ4v) is 11.7. The van der Waals surface area contributed by atoms with E-state index in [0.29, 0.717) is 54.4 Å². The van der Waals surface area contributed by atoms with Gasteiger partial charge in [0, 0.05) is 37.1 Å². The fourth-order valence-electron chi connectivity index (χ4n) is 10.5. The number of benzene rings is 11. The fraction of sp³-hybridized carbons (Fsp3) is 0. The van der Waals surface area contributed by atoms with E-state index in [1.807, 2.05) is 89.8 Å². The van der Waals surface area contributed by atoms with Crippen molar-refractivity contribution in [2.45, 2.75) is 9.79 Å². The zero-order valence-corrected chi connectivity index (χ0v) is 36.7. The maximum Gasteiger partial charge on any atom is 0.143 e. The minimum absolute atomic E-state index is 0.137. The molecule has 300 valence electrons. The highest BCUT2D eigenvalue weighted by molar-refractivity contribution is 8.00. The Labute approximate surface area is 397 Å². The first-order valence-corrected chi connectivity index (χ1v) is 22.8. The van der Waals surface area contributed by atoms with Gasteiger partial charge in [0.25, 0.3) is 0 Å². The Kier molecular flexibility index (Phi) is 8.94. The molecular weight excluding hydrogens is 829 g/mol. The number of anilines is 3. The number of hydrogen-bond acceptors (Lipinski definition) is 4. The molecule has 13 rings (SSSR count). The summed E-state index contributed by atoms with van der Waals surface area (Å²) >= 11 is 1.35. The van der Waals surface area contributed by atoms with E-state index in [4.69, 9.17) is 43.6 Å². The van der Waals surface area contributed by atoms with Crippen LogP contribution in [0.3, 0.4) is 0 Å². The average Bonchev–Trinajstić information content (AvgIpc) is 3.77. The summed E-state index contributed by atoms with van der Waals surface area (Å²) in [5.41, 5.74) is 9.06. The van der Waals surface area contributed by atoms with Crippen LogP contribution in [0.4, 0.5) is 17.1 Å². The minimum atomic E-state index is -0.145. The monoisotopic (exact) mass is 859 g/mol. The quantitative estimate of drug-likeness (QED) is 0.141. The third-order valence-electron chi connectivity index (χ3n) is 13.6. The van der Waals surface area contributed by atoms with Gasteiger partial charge in [0.15, 0.2) is 0 Å². The molecule has 3 nitrogen and oxygen atoms in total. The van der Waals surface area contributed by atoms with Crippen LogP contribution < -0.4 is 32.2 Å². The summed E-state index contributed by atoms with van der Waals surface area (Å²) in [6.07, 6.45) is 0. The van der Waals surface area contributed by atoms with Crippen molar-refractivity contribution in [1.82, 2.24) is 0 Å². The van der Waals surface area contributed by atoms with Crippen LogP contribution in [0.1, 0.15) is 0 Å². The number of fused-ring (bicyclic) bond motifs is 11. The van der Waals surface area contributed by atoms with Crippen molar-refractivity contribution >= 4 is 160 Å². The molecule has 1 aliphatic rings. The summed E-state index contributed by atoms with van der Waals surface area (Å²) in [6, 6.07) is 59.5. The molecule has 0 atom stereocenters. The lowest BCUT2D eigenvalue weighted by atomic mass is 9.69. The Morgan fingerprint density at radius 3 is 1.55 bits per heavy atom. The number of phenolic OH excluding ortho intramolecular Hbond substituents is 1. The molecule has 0 unspecified atom stereocenters. The first-order valence-electron chi connectivity index (χ1n) is 22.0. The molecule has 1 N–H and O–H groups in total. The largest absolute Gasteiger partial charge is 0.506 e. The van der Waals surface area contributed by atoms with Gasteiger partial charge in [-0.3, -0.25) is 0 Å². The van der Waals surface area contributed by atoms with E-state index in [1.165, 1.54) is 11.8 Å². The molecule has 0 fully saturated rings. The lowest BCUT2D eigenvalue weighted by Crippen LogP contribution is -2.41. The van der Waals surface area contributed by atoms with E-state index >= 15 is 0 Å². The van der Waals surface area contributed by atoms with E-state index in [2.05, 4.69) is 91.0 Å². The van der Waals surface area contributed by atoms with Gasteiger partial charge in [-0.15, -0.1) is 0 Å². The van der Waals surface area contributed by atoms with E-state index in [1.54, 1.807) is 0 Å². The first-order chi connectivity index (χ1) is 32.8. The number of phenols is 1. The van der Waals surface area contributed by atoms with Gasteiger partial charge < -0.3 is 14.4 Å². The van der Waals surface area contributed by atoms with Crippen LogP contribution in [0.2, 0.25) is 0 Å². The van der Waals surface area contributed by atoms with Gasteiger partial charge in [-0.25, -0.2) is 0 Å². The maximum atomic E-state index is 12.8. The van der Waals surface area contributed by atoms with Crippen LogP contribution in [-0.2, 0) is 0 Å². The number of aromatic hydroxyl groups is 1. The van der Waals surface area contributed by atoms with Crippen LogP contribution >= 0.6 is 11.8 Å². The van der Waals surface area contributed by atoms with Gasteiger partial charge in [0.2, 0.25) is 0 Å². The summed E-state index contributed by atoms with van der Waals surface area (Å²) in [5, 5.41) is 22.8. The van der Waals surface area contributed by atoms with Crippen molar-refractivity contribution < 1.29 is 9.52 Å². The van der Waals surface area contributed by atoms with Crippen molar-refractivity contribution in [2.24, 2.45) is 0 Å². The molecule has 0 bridgehead atoms. The molecule has 67 heavy (non-hydrogen) atoms. The van der Waals surface area contributed by atoms with E-state index < -0.39 is 0 Å². The van der Waals surface area contributed by atoms with Crippen molar-refractivity contribution in [1.29, 1.82) is 0 Å². The SMILES string of the molecule is [B]c1c(O)c2c(c([B])c1-c1cc3ccccc3c3ccccc13)Sc1c([B])c(-c3cccc4c3oc3c(-c5ccccc5)cccc34)c([B])c([B])c1N2c1cc2ccccc2c2ccccc12. The molecule has 2 heterocycles. The zero-order valence-electron chi connectivity index (χ0n) is 35.8. The maximum absolute atomic E-state index is 12.8. The van der Waals surface area contributed by atoms with Crippen molar-refractivity contribution in [3.8, 4) is 39.1 Å². The second-order valence-corrected chi connectivity index (χ2v) is 18.2. The van der Waals surface area contributed by atoms with Crippen LogP contribution in [0.15, 0.2) is 190 Å². The lowest BCUT2D eigenvalue weighted by Gasteiger charge is -2.40. The third kappa shape index (κ3) is 5.74. The van der Waals surface area contributed by atoms with Gasteiger partial charge in [-0.1, -0.05) is 197 Å². The average molecular weight is 859 g/mol. The van der Waals surface area contributed by atoms with E-state index in [-0.39, 0.29) is 22.1 Å². The third-order valence-corrected chi connectivity index (χ3v) is 14.8. The second-order valence-electron chi connectivity index (χ2n) is 17.1. The summed E-state index contributed by atoms with van der Waals surface area (Å²) in [5.74, 6) is -0.145. The van der Waals surface area contributed by atoms with Gasteiger partial charge >= 0.3 is 0 Å². The van der Waals surface area contributed by atoms with Crippen LogP contribution in [0.25, 0.3) is 98.4 Å².